The van der Waals surface area contributed by atoms with Crippen molar-refractivity contribution in [3.05, 3.63) is 30.0 Å². The zero-order valence-electron chi connectivity index (χ0n) is 11.0. The van der Waals surface area contributed by atoms with Crippen molar-refractivity contribution in [3.8, 4) is 0 Å². The summed E-state index contributed by atoms with van der Waals surface area (Å²) in [4.78, 5) is 14.6. The number of likely N-dealkylation sites (N-methyl/N-ethyl adjacent to an activating group) is 1. The molecular weight excluding hydrogens is 240 g/mol. The van der Waals surface area contributed by atoms with Crippen LogP contribution in [0.1, 0.15) is 23.8 Å². The molecule has 5 nitrogen and oxygen atoms in total. The monoisotopic (exact) mass is 258 g/mol. The summed E-state index contributed by atoms with van der Waals surface area (Å²) in [5.74, 6) is 0.0219. The Bertz CT molecular complexity index is 586. The Hall–Kier alpha value is -1.88. The van der Waals surface area contributed by atoms with Gasteiger partial charge in [0, 0.05) is 24.5 Å². The molecule has 2 heterocycles. The van der Waals surface area contributed by atoms with Crippen molar-refractivity contribution < 1.29 is 4.79 Å². The fourth-order valence-corrected chi connectivity index (χ4v) is 2.74. The molecule has 1 amide bonds. The van der Waals surface area contributed by atoms with Crippen molar-refractivity contribution >= 4 is 16.8 Å². The van der Waals surface area contributed by atoms with Crippen LogP contribution in [0, 0.1) is 0 Å². The molecule has 0 radical (unpaired) electrons. The largest absolute Gasteiger partial charge is 0.333 e. The molecule has 1 fully saturated rings. The van der Waals surface area contributed by atoms with Gasteiger partial charge in [0.05, 0.1) is 5.52 Å². The molecule has 2 N–H and O–H groups in total. The number of rotatable bonds is 3. The Morgan fingerprint density at radius 3 is 3.05 bits per heavy atom. The van der Waals surface area contributed by atoms with Gasteiger partial charge in [-0.05, 0) is 26.0 Å². The van der Waals surface area contributed by atoms with Crippen LogP contribution >= 0.6 is 0 Å². The molecule has 1 aromatic heterocycles. The van der Waals surface area contributed by atoms with Gasteiger partial charge in [-0.2, -0.15) is 5.10 Å². The molecule has 1 aromatic carbocycles. The lowest BCUT2D eigenvalue weighted by molar-refractivity contribution is 0.0699. The molecule has 1 aliphatic rings. The summed E-state index contributed by atoms with van der Waals surface area (Å²) in [6.07, 6.45) is 1.02. The number of nitrogens with zero attached hydrogens (tertiary/aromatic N) is 2. The molecule has 5 heteroatoms. The van der Waals surface area contributed by atoms with Gasteiger partial charge in [-0.1, -0.05) is 18.2 Å². The first-order valence-electron chi connectivity index (χ1n) is 6.76. The van der Waals surface area contributed by atoms with Gasteiger partial charge in [0.15, 0.2) is 5.69 Å². The predicted molar refractivity (Wildman–Crippen MR) is 74.1 cm³/mol. The number of benzene rings is 1. The molecule has 0 aliphatic carbocycles. The molecule has 1 aliphatic heterocycles. The molecular formula is C14H18N4O. The molecule has 100 valence electrons. The van der Waals surface area contributed by atoms with Crippen LogP contribution in [-0.4, -0.2) is 46.7 Å². The summed E-state index contributed by atoms with van der Waals surface area (Å²) in [7, 11) is 0. The van der Waals surface area contributed by atoms with Crippen molar-refractivity contribution in [2.45, 2.75) is 19.4 Å². The van der Waals surface area contributed by atoms with Crippen LogP contribution in [0.2, 0.25) is 0 Å². The third-order valence-corrected chi connectivity index (χ3v) is 3.75. The van der Waals surface area contributed by atoms with Gasteiger partial charge < -0.3 is 10.2 Å². The summed E-state index contributed by atoms with van der Waals surface area (Å²) < 4.78 is 0. The highest BCUT2D eigenvalue weighted by Crippen LogP contribution is 2.19. The van der Waals surface area contributed by atoms with Crippen LogP contribution in [-0.2, 0) is 0 Å². The van der Waals surface area contributed by atoms with Gasteiger partial charge >= 0.3 is 0 Å². The minimum Gasteiger partial charge on any atom is -0.333 e. The lowest BCUT2D eigenvalue weighted by Crippen LogP contribution is -2.41. The number of hydrogen-bond donors (Lipinski definition) is 2. The van der Waals surface area contributed by atoms with Crippen molar-refractivity contribution in [3.63, 3.8) is 0 Å². The van der Waals surface area contributed by atoms with Gasteiger partial charge in [-0.3, -0.25) is 9.89 Å². The van der Waals surface area contributed by atoms with E-state index in [2.05, 4.69) is 15.5 Å². The number of nitrogens with one attached hydrogen (secondary N) is 2. The highest BCUT2D eigenvalue weighted by atomic mass is 16.2. The van der Waals surface area contributed by atoms with E-state index in [-0.39, 0.29) is 11.9 Å². The van der Waals surface area contributed by atoms with Crippen molar-refractivity contribution in [1.29, 1.82) is 0 Å². The second-order valence-corrected chi connectivity index (χ2v) is 4.86. The normalized spacial score (nSPS) is 18.9. The van der Waals surface area contributed by atoms with E-state index in [4.69, 9.17) is 0 Å². The van der Waals surface area contributed by atoms with Crippen molar-refractivity contribution in [2.24, 2.45) is 0 Å². The van der Waals surface area contributed by atoms with Crippen LogP contribution < -0.4 is 5.32 Å². The molecule has 3 rings (SSSR count). The van der Waals surface area contributed by atoms with Gasteiger partial charge in [-0.15, -0.1) is 0 Å². The van der Waals surface area contributed by atoms with Crippen LogP contribution in [0.4, 0.5) is 0 Å². The number of para-hydroxylation sites is 1. The minimum atomic E-state index is 0.0219. The molecule has 1 atom stereocenters. The average molecular weight is 258 g/mol. The Labute approximate surface area is 112 Å². The summed E-state index contributed by atoms with van der Waals surface area (Å²) in [6.45, 7) is 4.59. The van der Waals surface area contributed by atoms with Gasteiger partial charge in [0.2, 0.25) is 0 Å². The SMILES string of the molecule is CCN(C(=O)c1n[nH]c2ccccc12)C1CCNC1. The van der Waals surface area contributed by atoms with Gasteiger partial charge in [-0.25, -0.2) is 0 Å². The van der Waals surface area contributed by atoms with E-state index < -0.39 is 0 Å². The number of hydrogen-bond acceptors (Lipinski definition) is 3. The van der Waals surface area contributed by atoms with E-state index in [1.165, 1.54) is 0 Å². The number of amides is 1. The van der Waals surface area contributed by atoms with E-state index in [1.54, 1.807) is 0 Å². The van der Waals surface area contributed by atoms with Crippen LogP contribution in [0.25, 0.3) is 10.9 Å². The highest BCUT2D eigenvalue weighted by Gasteiger charge is 2.28. The maximum atomic E-state index is 12.7. The standard InChI is InChI=1S/C14H18N4O/c1-2-18(10-7-8-15-9-10)14(19)13-11-5-3-4-6-12(11)16-17-13/h3-6,10,15H,2,7-9H2,1H3,(H,16,17). The zero-order chi connectivity index (χ0) is 13.2. The molecule has 1 saturated heterocycles. The molecule has 1 unspecified atom stereocenters. The quantitative estimate of drug-likeness (QED) is 0.874. The Morgan fingerprint density at radius 1 is 1.47 bits per heavy atom. The van der Waals surface area contributed by atoms with E-state index in [0.717, 1.165) is 30.4 Å². The van der Waals surface area contributed by atoms with E-state index in [0.29, 0.717) is 12.2 Å². The first-order valence-corrected chi connectivity index (χ1v) is 6.76. The fraction of sp³-hybridized carbons (Fsp3) is 0.429. The smallest absolute Gasteiger partial charge is 0.275 e. The number of H-pyrrole nitrogens is 1. The third-order valence-electron chi connectivity index (χ3n) is 3.75. The Balaban J connectivity index is 1.93. The summed E-state index contributed by atoms with van der Waals surface area (Å²) >= 11 is 0. The first-order chi connectivity index (χ1) is 9.31. The number of aromatic nitrogens is 2. The van der Waals surface area contributed by atoms with Crippen molar-refractivity contribution in [1.82, 2.24) is 20.4 Å². The summed E-state index contributed by atoms with van der Waals surface area (Å²) in [5, 5.41) is 11.3. The second-order valence-electron chi connectivity index (χ2n) is 4.86. The lowest BCUT2D eigenvalue weighted by atomic mass is 10.1. The predicted octanol–water partition coefficient (Wildman–Crippen LogP) is 1.39. The average Bonchev–Trinajstić information content (AvgIpc) is 3.08. The van der Waals surface area contributed by atoms with E-state index in [1.807, 2.05) is 36.1 Å². The lowest BCUT2D eigenvalue weighted by Gasteiger charge is -2.26. The summed E-state index contributed by atoms with van der Waals surface area (Å²) in [6, 6.07) is 8.03. The van der Waals surface area contributed by atoms with Gasteiger partial charge in [0.1, 0.15) is 0 Å². The van der Waals surface area contributed by atoms with E-state index in [9.17, 15) is 4.79 Å². The van der Waals surface area contributed by atoms with Gasteiger partial charge in [0.25, 0.3) is 5.91 Å². The minimum absolute atomic E-state index is 0.0219. The van der Waals surface area contributed by atoms with Crippen molar-refractivity contribution in [2.75, 3.05) is 19.6 Å². The zero-order valence-corrected chi connectivity index (χ0v) is 11.0. The number of fused-ring (bicyclic) bond motifs is 1. The Morgan fingerprint density at radius 2 is 2.32 bits per heavy atom. The third kappa shape index (κ3) is 2.10. The molecule has 19 heavy (non-hydrogen) atoms. The fourth-order valence-electron chi connectivity index (χ4n) is 2.74. The first kappa shape index (κ1) is 12.2. The maximum absolute atomic E-state index is 12.7. The molecule has 0 saturated carbocycles. The number of carbonyl (C=O) groups is 1. The van der Waals surface area contributed by atoms with Crippen LogP contribution in [0.3, 0.4) is 0 Å². The molecule has 0 bridgehead atoms. The molecule has 2 aromatic rings. The Kier molecular flexibility index (Phi) is 3.21. The highest BCUT2D eigenvalue weighted by molar-refractivity contribution is 6.04. The number of aromatic amines is 1. The maximum Gasteiger partial charge on any atom is 0.275 e. The van der Waals surface area contributed by atoms with E-state index >= 15 is 0 Å². The van der Waals surface area contributed by atoms with Crippen LogP contribution in [0.5, 0.6) is 0 Å². The summed E-state index contributed by atoms with van der Waals surface area (Å²) in [5.41, 5.74) is 1.44. The van der Waals surface area contributed by atoms with Crippen LogP contribution in [0.15, 0.2) is 24.3 Å². The topological polar surface area (TPSA) is 61.0 Å². The molecule has 0 spiro atoms. The second kappa shape index (κ2) is 5.01. The number of carbonyl (C=O) groups excluding carboxylic acids is 1.